The van der Waals surface area contributed by atoms with Crippen molar-refractivity contribution in [2.45, 2.75) is 19.9 Å². The highest BCUT2D eigenvalue weighted by Gasteiger charge is 2.18. The second-order valence-corrected chi connectivity index (χ2v) is 3.82. The number of halogens is 1. The van der Waals surface area contributed by atoms with Crippen molar-refractivity contribution < 1.29 is 4.52 Å². The van der Waals surface area contributed by atoms with E-state index in [1.165, 1.54) is 0 Å². The molecule has 0 bridgehead atoms. The van der Waals surface area contributed by atoms with Gasteiger partial charge in [-0.3, -0.25) is 4.98 Å². The smallest absolute Gasteiger partial charge is 0.244 e. The molecule has 17 heavy (non-hydrogen) atoms. The molecular weight excluding hydrogens is 242 g/mol. The van der Waals surface area contributed by atoms with Crippen LogP contribution in [0.15, 0.2) is 23.1 Å². The van der Waals surface area contributed by atoms with Crippen molar-refractivity contribution in [3.05, 3.63) is 24.5 Å². The largest absolute Gasteiger partial charge is 0.337 e. The van der Waals surface area contributed by atoms with Gasteiger partial charge in [-0.25, -0.2) is 4.98 Å². The molecule has 1 atom stereocenters. The van der Waals surface area contributed by atoms with E-state index >= 15 is 0 Å². The third-order valence-corrected chi connectivity index (χ3v) is 2.24. The summed E-state index contributed by atoms with van der Waals surface area (Å²) in [5.74, 6) is 1.09. The molecule has 0 aliphatic heterocycles. The van der Waals surface area contributed by atoms with Gasteiger partial charge in [0.25, 0.3) is 0 Å². The summed E-state index contributed by atoms with van der Waals surface area (Å²) in [5, 5.41) is 3.82. The van der Waals surface area contributed by atoms with E-state index in [1.807, 2.05) is 13.8 Å². The number of aromatic nitrogens is 4. The van der Waals surface area contributed by atoms with Crippen molar-refractivity contribution in [2.75, 3.05) is 0 Å². The Labute approximate surface area is 105 Å². The van der Waals surface area contributed by atoms with Crippen LogP contribution in [0.5, 0.6) is 0 Å². The molecule has 2 N–H and O–H groups in total. The summed E-state index contributed by atoms with van der Waals surface area (Å²) < 4.78 is 5.09. The first-order valence-corrected chi connectivity index (χ1v) is 5.04. The molecule has 2 aromatic rings. The van der Waals surface area contributed by atoms with E-state index in [0.29, 0.717) is 17.4 Å². The van der Waals surface area contributed by atoms with E-state index < -0.39 is 0 Å². The van der Waals surface area contributed by atoms with Crippen molar-refractivity contribution in [3.63, 3.8) is 0 Å². The maximum absolute atomic E-state index is 5.90. The van der Waals surface area contributed by atoms with E-state index in [9.17, 15) is 0 Å². The van der Waals surface area contributed by atoms with Gasteiger partial charge in [-0.2, -0.15) is 4.98 Å². The van der Waals surface area contributed by atoms with Crippen LogP contribution >= 0.6 is 12.4 Å². The Morgan fingerprint density at radius 2 is 2.06 bits per heavy atom. The molecule has 2 aromatic heterocycles. The van der Waals surface area contributed by atoms with Crippen LogP contribution < -0.4 is 5.73 Å². The zero-order valence-corrected chi connectivity index (χ0v) is 10.4. The first-order chi connectivity index (χ1) is 7.68. The summed E-state index contributed by atoms with van der Waals surface area (Å²) in [6, 6.07) is -0.252. The summed E-state index contributed by atoms with van der Waals surface area (Å²) in [4.78, 5) is 12.2. The number of nitrogens with zero attached hydrogens (tertiary/aromatic N) is 4. The van der Waals surface area contributed by atoms with Crippen molar-refractivity contribution in [2.24, 2.45) is 11.7 Å². The Morgan fingerprint density at radius 3 is 2.65 bits per heavy atom. The molecule has 2 rings (SSSR count). The molecule has 0 radical (unpaired) electrons. The maximum Gasteiger partial charge on any atom is 0.244 e. The van der Waals surface area contributed by atoms with E-state index in [4.69, 9.17) is 10.3 Å². The van der Waals surface area contributed by atoms with Crippen LogP contribution in [0.2, 0.25) is 0 Å². The van der Waals surface area contributed by atoms with E-state index in [1.54, 1.807) is 18.6 Å². The van der Waals surface area contributed by atoms with E-state index in [0.717, 1.165) is 0 Å². The Hall–Kier alpha value is -1.53. The van der Waals surface area contributed by atoms with Crippen LogP contribution in [0.1, 0.15) is 25.8 Å². The predicted octanol–water partition coefficient (Wildman–Crippen LogP) is 1.60. The third kappa shape index (κ3) is 2.98. The lowest BCUT2D eigenvalue weighted by Crippen LogP contribution is -2.16. The molecule has 0 saturated carbocycles. The lowest BCUT2D eigenvalue weighted by atomic mass is 10.1. The molecule has 6 nitrogen and oxygen atoms in total. The number of nitrogens with two attached hydrogens (primary N) is 1. The summed E-state index contributed by atoms with van der Waals surface area (Å²) in [6.07, 6.45) is 4.74. The first-order valence-electron chi connectivity index (χ1n) is 5.04. The molecule has 0 aliphatic rings. The Morgan fingerprint density at radius 1 is 1.29 bits per heavy atom. The van der Waals surface area contributed by atoms with Gasteiger partial charge in [0, 0.05) is 12.4 Å². The molecule has 0 fully saturated rings. The van der Waals surface area contributed by atoms with Crippen molar-refractivity contribution in [1.29, 1.82) is 0 Å². The summed E-state index contributed by atoms with van der Waals surface area (Å²) in [5.41, 5.74) is 6.47. The summed E-state index contributed by atoms with van der Waals surface area (Å²) in [7, 11) is 0. The first kappa shape index (κ1) is 13.5. The highest BCUT2D eigenvalue weighted by Crippen LogP contribution is 2.19. The molecule has 2 heterocycles. The zero-order valence-electron chi connectivity index (χ0n) is 9.57. The van der Waals surface area contributed by atoms with Gasteiger partial charge in [0.1, 0.15) is 5.69 Å². The van der Waals surface area contributed by atoms with Crippen molar-refractivity contribution in [3.8, 4) is 11.5 Å². The maximum atomic E-state index is 5.90. The second kappa shape index (κ2) is 5.70. The Kier molecular flexibility index (Phi) is 4.53. The minimum atomic E-state index is -0.252. The predicted molar refractivity (Wildman–Crippen MR) is 64.3 cm³/mol. The van der Waals surface area contributed by atoms with Crippen LogP contribution in [-0.2, 0) is 0 Å². The molecule has 0 aromatic carbocycles. The van der Waals surface area contributed by atoms with Gasteiger partial charge in [-0.05, 0) is 5.92 Å². The van der Waals surface area contributed by atoms with Crippen LogP contribution in [-0.4, -0.2) is 20.1 Å². The van der Waals surface area contributed by atoms with Gasteiger partial charge in [-0.1, -0.05) is 19.0 Å². The Balaban J connectivity index is 0.00000144. The van der Waals surface area contributed by atoms with Gasteiger partial charge >= 0.3 is 0 Å². The quantitative estimate of drug-likeness (QED) is 0.896. The van der Waals surface area contributed by atoms with Gasteiger partial charge < -0.3 is 10.3 Å². The molecular formula is C10H14ClN5O. The highest BCUT2D eigenvalue weighted by atomic mass is 35.5. The number of hydrogen-bond donors (Lipinski definition) is 1. The van der Waals surface area contributed by atoms with Crippen LogP contribution in [0.25, 0.3) is 11.5 Å². The zero-order chi connectivity index (χ0) is 11.5. The van der Waals surface area contributed by atoms with Gasteiger partial charge in [-0.15, -0.1) is 12.4 Å². The summed E-state index contributed by atoms with van der Waals surface area (Å²) >= 11 is 0. The standard InChI is InChI=1S/C10H13N5O.ClH/c1-6(2)8(11)10-14-9(15-16-10)7-5-12-3-4-13-7;/h3-6,8H,11H2,1-2H3;1H/t8-;/m0./s1. The molecule has 7 heteroatoms. The van der Waals surface area contributed by atoms with Gasteiger partial charge in [0.15, 0.2) is 0 Å². The van der Waals surface area contributed by atoms with Gasteiger partial charge in [0.05, 0.1) is 12.2 Å². The fraction of sp³-hybridized carbons (Fsp3) is 0.400. The van der Waals surface area contributed by atoms with Crippen molar-refractivity contribution in [1.82, 2.24) is 20.1 Å². The highest BCUT2D eigenvalue weighted by molar-refractivity contribution is 5.85. The minimum Gasteiger partial charge on any atom is -0.337 e. The normalized spacial score (nSPS) is 12.2. The molecule has 0 saturated heterocycles. The molecule has 0 unspecified atom stereocenters. The minimum absolute atomic E-state index is 0. The molecule has 92 valence electrons. The monoisotopic (exact) mass is 255 g/mol. The molecule has 0 amide bonds. The van der Waals surface area contributed by atoms with Crippen LogP contribution in [0.4, 0.5) is 0 Å². The Bertz CT molecular complexity index is 459. The summed E-state index contributed by atoms with van der Waals surface area (Å²) in [6.45, 7) is 3.99. The lowest BCUT2D eigenvalue weighted by Gasteiger charge is -2.08. The molecule has 0 aliphatic carbocycles. The van der Waals surface area contributed by atoms with Crippen molar-refractivity contribution >= 4 is 12.4 Å². The number of hydrogen-bond acceptors (Lipinski definition) is 6. The molecule has 0 spiro atoms. The fourth-order valence-corrected chi connectivity index (χ4v) is 1.17. The average Bonchev–Trinajstić information content (AvgIpc) is 2.78. The van der Waals surface area contributed by atoms with Gasteiger partial charge in [0.2, 0.25) is 11.7 Å². The topological polar surface area (TPSA) is 90.7 Å². The average molecular weight is 256 g/mol. The van der Waals surface area contributed by atoms with Crippen LogP contribution in [0, 0.1) is 5.92 Å². The lowest BCUT2D eigenvalue weighted by molar-refractivity contribution is 0.325. The number of rotatable bonds is 3. The van der Waals surface area contributed by atoms with E-state index in [-0.39, 0.29) is 24.4 Å². The second-order valence-electron chi connectivity index (χ2n) is 3.82. The SMILES string of the molecule is CC(C)[C@H](N)c1nc(-c2cnccn2)no1.Cl. The fourth-order valence-electron chi connectivity index (χ4n) is 1.17. The van der Waals surface area contributed by atoms with E-state index in [2.05, 4.69) is 20.1 Å². The third-order valence-electron chi connectivity index (χ3n) is 2.24. The van der Waals surface area contributed by atoms with Crippen LogP contribution in [0.3, 0.4) is 0 Å².